The zero-order valence-corrected chi connectivity index (χ0v) is 16.6. The molecule has 2 aliphatic rings. The third-order valence-corrected chi connectivity index (χ3v) is 6.34. The van der Waals surface area contributed by atoms with Crippen molar-refractivity contribution in [1.29, 1.82) is 5.26 Å². The highest BCUT2D eigenvalue weighted by Crippen LogP contribution is 2.36. The molecule has 1 amide bonds. The molecule has 4 rings (SSSR count). The minimum absolute atomic E-state index is 0.0639. The molecule has 4 atom stereocenters. The van der Waals surface area contributed by atoms with Crippen LogP contribution in [-0.4, -0.2) is 23.8 Å². The van der Waals surface area contributed by atoms with Crippen LogP contribution >= 0.6 is 0 Å². The van der Waals surface area contributed by atoms with E-state index in [-0.39, 0.29) is 24.7 Å². The molecule has 0 aromatic heterocycles. The Labute approximate surface area is 175 Å². The molecule has 0 spiro atoms. The summed E-state index contributed by atoms with van der Waals surface area (Å²) >= 11 is 0. The Morgan fingerprint density at radius 2 is 2.00 bits per heavy atom. The molecule has 6 heteroatoms. The number of nitrogens with zero attached hydrogens (tertiary/aromatic N) is 1. The highest BCUT2D eigenvalue weighted by atomic mass is 19.1. The number of hydrogen-bond acceptors (Lipinski definition) is 4. The molecule has 1 unspecified atom stereocenters. The average Bonchev–Trinajstić information content (AvgIpc) is 3.38. The predicted octanol–water partition coefficient (Wildman–Crippen LogP) is 3.37. The molecule has 30 heavy (non-hydrogen) atoms. The molecule has 1 aliphatic carbocycles. The Morgan fingerprint density at radius 3 is 2.63 bits per heavy atom. The van der Waals surface area contributed by atoms with E-state index in [0.29, 0.717) is 34.2 Å². The molecule has 3 N–H and O–H groups in total. The summed E-state index contributed by atoms with van der Waals surface area (Å²) in [6.45, 7) is 0. The van der Waals surface area contributed by atoms with Gasteiger partial charge in [-0.25, -0.2) is 4.39 Å². The van der Waals surface area contributed by atoms with Crippen molar-refractivity contribution >= 4 is 11.7 Å². The maximum atomic E-state index is 14.8. The molecule has 2 bridgehead atoms. The van der Waals surface area contributed by atoms with Crippen LogP contribution in [0.25, 0.3) is 11.1 Å². The van der Waals surface area contributed by atoms with E-state index in [1.807, 2.05) is 0 Å². The lowest BCUT2D eigenvalue weighted by atomic mass is 9.88. The fourth-order valence-corrected chi connectivity index (χ4v) is 4.76. The summed E-state index contributed by atoms with van der Waals surface area (Å²) in [4.78, 5) is 24.0. The lowest BCUT2D eigenvalue weighted by Gasteiger charge is -2.22. The first-order valence-electron chi connectivity index (χ1n) is 10.3. The van der Waals surface area contributed by atoms with Crippen LogP contribution in [-0.2, 0) is 11.2 Å². The van der Waals surface area contributed by atoms with Gasteiger partial charge in [-0.3, -0.25) is 9.59 Å². The first-order chi connectivity index (χ1) is 14.4. The summed E-state index contributed by atoms with van der Waals surface area (Å²) in [6, 6.07) is 14.0. The number of halogens is 1. The van der Waals surface area contributed by atoms with E-state index < -0.39 is 17.6 Å². The first kappa shape index (κ1) is 20.2. The third kappa shape index (κ3) is 4.12. The van der Waals surface area contributed by atoms with Gasteiger partial charge in [-0.05, 0) is 66.5 Å². The van der Waals surface area contributed by atoms with Crippen LogP contribution in [0.2, 0.25) is 0 Å². The number of Topliss-reactive ketones (excluding diaryl/α,β-unsaturated/α-hetero) is 1. The molecule has 1 aliphatic heterocycles. The van der Waals surface area contributed by atoms with Gasteiger partial charge in [-0.2, -0.15) is 5.26 Å². The topological polar surface area (TPSA) is 96.0 Å². The number of nitrogens with two attached hydrogens (primary N) is 1. The minimum atomic E-state index is -0.558. The molecule has 1 saturated heterocycles. The minimum Gasteiger partial charge on any atom is -0.366 e. The van der Waals surface area contributed by atoms with Crippen molar-refractivity contribution in [2.45, 2.75) is 44.2 Å². The fourth-order valence-electron chi connectivity index (χ4n) is 4.76. The monoisotopic (exact) mass is 405 g/mol. The molecule has 0 radical (unpaired) electrons. The molecule has 2 aromatic carbocycles. The summed E-state index contributed by atoms with van der Waals surface area (Å²) in [6.07, 6.45) is 3.56. The Bertz CT molecular complexity index is 1030. The molecule has 1 saturated carbocycles. The van der Waals surface area contributed by atoms with E-state index in [1.54, 1.807) is 36.4 Å². The van der Waals surface area contributed by atoms with E-state index in [1.165, 1.54) is 6.07 Å². The van der Waals surface area contributed by atoms with Crippen LogP contribution in [0.3, 0.4) is 0 Å². The maximum Gasteiger partial charge on any atom is 0.248 e. The Balaban J connectivity index is 1.45. The van der Waals surface area contributed by atoms with Crippen molar-refractivity contribution in [3.8, 4) is 17.2 Å². The summed E-state index contributed by atoms with van der Waals surface area (Å²) in [5.41, 5.74) is 7.38. The number of nitriles is 1. The molecule has 2 fully saturated rings. The van der Waals surface area contributed by atoms with Crippen LogP contribution < -0.4 is 11.1 Å². The molecule has 5 nitrogen and oxygen atoms in total. The second-order valence-electron chi connectivity index (χ2n) is 8.37. The van der Waals surface area contributed by atoms with Gasteiger partial charge < -0.3 is 11.1 Å². The standard InChI is InChI=1S/C24H24FN3O2/c25-21-12-16(15-2-1-3-19(10-15)24(27)30)4-5-17(21)8-14(13-26)9-22(29)23-18-6-7-20(11-18)28-23/h1-5,10,12,14,18,20,23,28H,6-9,11H2,(H2,27,30)/t14?,18-,20+,23-/m0/s1. The second kappa shape index (κ2) is 8.37. The highest BCUT2D eigenvalue weighted by molar-refractivity contribution is 5.94. The Kier molecular flexibility index (Phi) is 5.65. The Hall–Kier alpha value is -3.04. The van der Waals surface area contributed by atoms with Crippen molar-refractivity contribution in [2.75, 3.05) is 0 Å². The predicted molar refractivity (Wildman–Crippen MR) is 111 cm³/mol. The molecule has 1 heterocycles. The Morgan fingerprint density at radius 1 is 1.20 bits per heavy atom. The van der Waals surface area contributed by atoms with Crippen molar-refractivity contribution in [3.05, 3.63) is 59.4 Å². The van der Waals surface area contributed by atoms with Crippen LogP contribution in [0, 0.1) is 29.0 Å². The third-order valence-electron chi connectivity index (χ3n) is 6.34. The van der Waals surface area contributed by atoms with Crippen molar-refractivity contribution < 1.29 is 14.0 Å². The summed E-state index contributed by atoms with van der Waals surface area (Å²) in [7, 11) is 0. The van der Waals surface area contributed by atoms with Crippen LogP contribution in [0.15, 0.2) is 42.5 Å². The second-order valence-corrected chi connectivity index (χ2v) is 8.37. The van der Waals surface area contributed by atoms with Crippen molar-refractivity contribution in [1.82, 2.24) is 5.32 Å². The van der Waals surface area contributed by atoms with E-state index in [4.69, 9.17) is 5.73 Å². The number of carbonyl (C=O) groups is 2. The zero-order chi connectivity index (χ0) is 21.3. The largest absolute Gasteiger partial charge is 0.366 e. The van der Waals surface area contributed by atoms with Crippen molar-refractivity contribution in [3.63, 3.8) is 0 Å². The van der Waals surface area contributed by atoms with Crippen LogP contribution in [0.1, 0.15) is 41.6 Å². The first-order valence-corrected chi connectivity index (χ1v) is 10.3. The summed E-state index contributed by atoms with van der Waals surface area (Å²) < 4.78 is 14.8. The van der Waals surface area contributed by atoms with E-state index >= 15 is 0 Å². The van der Waals surface area contributed by atoms with Crippen LogP contribution in [0.4, 0.5) is 4.39 Å². The number of piperidine rings is 1. The van der Waals surface area contributed by atoms with Gasteiger partial charge in [0.2, 0.25) is 5.91 Å². The lowest BCUT2D eigenvalue weighted by molar-refractivity contribution is -0.122. The van der Waals surface area contributed by atoms with E-state index in [2.05, 4.69) is 11.4 Å². The summed E-state index contributed by atoms with van der Waals surface area (Å²) in [5, 5.41) is 12.9. The van der Waals surface area contributed by atoms with Gasteiger partial charge in [0.05, 0.1) is 18.0 Å². The van der Waals surface area contributed by atoms with E-state index in [0.717, 1.165) is 19.3 Å². The normalized spacial score (nSPS) is 23.1. The van der Waals surface area contributed by atoms with Gasteiger partial charge in [-0.15, -0.1) is 0 Å². The zero-order valence-electron chi connectivity index (χ0n) is 16.6. The smallest absolute Gasteiger partial charge is 0.248 e. The van der Waals surface area contributed by atoms with Gasteiger partial charge in [0.1, 0.15) is 5.82 Å². The number of nitrogens with one attached hydrogen (secondary N) is 1. The van der Waals surface area contributed by atoms with Gasteiger partial charge in [0, 0.05) is 18.0 Å². The number of rotatable bonds is 7. The van der Waals surface area contributed by atoms with Crippen LogP contribution in [0.5, 0.6) is 0 Å². The number of benzene rings is 2. The van der Waals surface area contributed by atoms with Gasteiger partial charge in [-0.1, -0.05) is 24.3 Å². The van der Waals surface area contributed by atoms with Gasteiger partial charge in [0.15, 0.2) is 5.78 Å². The van der Waals surface area contributed by atoms with Crippen molar-refractivity contribution in [2.24, 2.45) is 17.6 Å². The lowest BCUT2D eigenvalue weighted by Crippen LogP contribution is -2.42. The quantitative estimate of drug-likeness (QED) is 0.738. The molecular formula is C24H24FN3O2. The number of fused-ring (bicyclic) bond motifs is 2. The van der Waals surface area contributed by atoms with Gasteiger partial charge >= 0.3 is 0 Å². The molecular weight excluding hydrogens is 381 g/mol. The molecule has 154 valence electrons. The average molecular weight is 405 g/mol. The highest BCUT2D eigenvalue weighted by Gasteiger charge is 2.42. The van der Waals surface area contributed by atoms with Gasteiger partial charge in [0.25, 0.3) is 0 Å². The molecule has 2 aromatic rings. The number of primary amides is 1. The van der Waals surface area contributed by atoms with E-state index in [9.17, 15) is 19.2 Å². The number of amides is 1. The number of ketones is 1. The number of carbonyl (C=O) groups excluding carboxylic acids is 2. The number of hydrogen-bond donors (Lipinski definition) is 2. The maximum absolute atomic E-state index is 14.8. The summed E-state index contributed by atoms with van der Waals surface area (Å²) in [5.74, 6) is -1.08. The SMILES string of the molecule is N#CC(CC(=O)[C@H]1N[C@@H]2CC[C@H]1C2)Cc1ccc(-c2cccc(C(N)=O)c2)cc1F. The fraction of sp³-hybridized carbons (Fsp3) is 0.375.